The number of piperidine rings is 1. The Kier molecular flexibility index (Phi) is 5.15. The largest absolute Gasteiger partial charge is 0.338 e. The van der Waals surface area contributed by atoms with E-state index in [4.69, 9.17) is 0 Å². The number of halogens is 1. The fraction of sp³-hybridized carbons (Fsp3) is 0.364. The number of nitrogens with zero attached hydrogens (tertiary/aromatic N) is 2. The summed E-state index contributed by atoms with van der Waals surface area (Å²) in [6.07, 6.45) is 1.41. The van der Waals surface area contributed by atoms with Crippen molar-refractivity contribution in [1.82, 2.24) is 9.80 Å². The number of hydrogen-bond acceptors (Lipinski definition) is 3. The van der Waals surface area contributed by atoms with Gasteiger partial charge in [-0.15, -0.1) is 11.8 Å². The van der Waals surface area contributed by atoms with Gasteiger partial charge in [0.25, 0.3) is 11.8 Å². The van der Waals surface area contributed by atoms with Gasteiger partial charge in [-0.2, -0.15) is 0 Å². The van der Waals surface area contributed by atoms with Crippen LogP contribution in [0.25, 0.3) is 0 Å². The van der Waals surface area contributed by atoms with E-state index in [-0.39, 0.29) is 22.2 Å². The first-order valence-corrected chi connectivity index (χ1v) is 10.6. The average Bonchev–Trinajstić information content (AvgIpc) is 3.11. The topological polar surface area (TPSA) is 40.6 Å². The third kappa shape index (κ3) is 3.30. The molecule has 6 heteroatoms. The zero-order valence-corrected chi connectivity index (χ0v) is 16.7. The van der Waals surface area contributed by atoms with Crippen LogP contribution in [0.15, 0.2) is 48.5 Å². The normalized spacial score (nSPS) is 18.5. The predicted molar refractivity (Wildman–Crippen MR) is 109 cm³/mol. The van der Waals surface area contributed by atoms with E-state index in [1.54, 1.807) is 30.0 Å². The summed E-state index contributed by atoms with van der Waals surface area (Å²) in [7, 11) is 0. The average molecular weight is 399 g/mol. The molecule has 2 heterocycles. The number of aryl methyl sites for hydroxylation is 1. The zero-order valence-electron chi connectivity index (χ0n) is 15.9. The summed E-state index contributed by atoms with van der Waals surface area (Å²) in [6, 6.07) is 13.8. The summed E-state index contributed by atoms with van der Waals surface area (Å²) in [5.74, 6) is 0.155. The molecule has 1 spiro atoms. The Hall–Kier alpha value is -2.34. The van der Waals surface area contributed by atoms with Crippen molar-refractivity contribution in [1.29, 1.82) is 0 Å². The first kappa shape index (κ1) is 19.0. The minimum absolute atomic E-state index is 0.0444. The number of hydrogen-bond donors (Lipinski definition) is 0. The summed E-state index contributed by atoms with van der Waals surface area (Å²) in [6.45, 7) is 3.76. The monoisotopic (exact) mass is 398 g/mol. The van der Waals surface area contributed by atoms with E-state index in [0.717, 1.165) is 16.9 Å². The van der Waals surface area contributed by atoms with Crippen molar-refractivity contribution in [2.24, 2.45) is 0 Å². The van der Waals surface area contributed by atoms with Crippen LogP contribution < -0.4 is 0 Å². The van der Waals surface area contributed by atoms with Gasteiger partial charge in [0.1, 0.15) is 5.82 Å². The number of carbonyl (C=O) groups is 2. The van der Waals surface area contributed by atoms with E-state index in [1.165, 1.54) is 6.07 Å². The third-order valence-corrected chi connectivity index (χ3v) is 7.29. The van der Waals surface area contributed by atoms with E-state index in [9.17, 15) is 14.0 Å². The standard InChI is InChI=1S/C22H23FN2O2S/c1-16-6-2-3-7-17(16)20(26)24-12-10-22(11-13-24)25(14-15-28-22)21(27)18-8-4-5-9-19(18)23/h2-9H,10-15H2,1H3. The highest BCUT2D eigenvalue weighted by Gasteiger charge is 2.47. The molecule has 0 N–H and O–H groups in total. The van der Waals surface area contributed by atoms with Gasteiger partial charge in [0, 0.05) is 31.0 Å². The molecule has 2 fully saturated rings. The smallest absolute Gasteiger partial charge is 0.257 e. The first-order valence-electron chi connectivity index (χ1n) is 9.57. The van der Waals surface area contributed by atoms with E-state index in [2.05, 4.69) is 0 Å². The van der Waals surface area contributed by atoms with E-state index in [0.29, 0.717) is 32.5 Å². The molecule has 2 aromatic rings. The number of likely N-dealkylation sites (tertiary alicyclic amines) is 1. The van der Waals surface area contributed by atoms with Gasteiger partial charge in [0.2, 0.25) is 0 Å². The van der Waals surface area contributed by atoms with Crippen LogP contribution >= 0.6 is 11.8 Å². The summed E-state index contributed by atoms with van der Waals surface area (Å²) in [4.78, 5) is 29.3. The molecule has 0 unspecified atom stereocenters. The van der Waals surface area contributed by atoms with Crippen LogP contribution in [-0.2, 0) is 0 Å². The van der Waals surface area contributed by atoms with Crippen molar-refractivity contribution < 1.29 is 14.0 Å². The molecule has 0 bridgehead atoms. The van der Waals surface area contributed by atoms with Crippen molar-refractivity contribution in [2.75, 3.05) is 25.4 Å². The van der Waals surface area contributed by atoms with E-state index >= 15 is 0 Å². The Morgan fingerprint density at radius 1 is 0.929 bits per heavy atom. The Morgan fingerprint density at radius 2 is 1.57 bits per heavy atom. The van der Waals surface area contributed by atoms with Crippen molar-refractivity contribution in [3.63, 3.8) is 0 Å². The quantitative estimate of drug-likeness (QED) is 0.769. The molecule has 0 aliphatic carbocycles. The molecule has 2 aromatic carbocycles. The van der Waals surface area contributed by atoms with Crippen LogP contribution in [0, 0.1) is 12.7 Å². The minimum Gasteiger partial charge on any atom is -0.338 e. The van der Waals surface area contributed by atoms with Crippen molar-refractivity contribution in [2.45, 2.75) is 24.6 Å². The second-order valence-corrected chi connectivity index (χ2v) is 8.80. The molecule has 4 nitrogen and oxygen atoms in total. The first-order chi connectivity index (χ1) is 13.5. The maximum absolute atomic E-state index is 14.1. The minimum atomic E-state index is -0.480. The van der Waals surface area contributed by atoms with Crippen molar-refractivity contribution in [3.8, 4) is 0 Å². The molecular formula is C22H23FN2O2S. The molecule has 146 valence electrons. The van der Waals surface area contributed by atoms with Crippen molar-refractivity contribution >= 4 is 23.6 Å². The van der Waals surface area contributed by atoms with Gasteiger partial charge in [-0.1, -0.05) is 30.3 Å². The fourth-order valence-electron chi connectivity index (χ4n) is 4.13. The molecule has 0 atom stereocenters. The van der Waals surface area contributed by atoms with Crippen LogP contribution in [0.2, 0.25) is 0 Å². The van der Waals surface area contributed by atoms with Gasteiger partial charge < -0.3 is 9.80 Å². The van der Waals surface area contributed by atoms with Gasteiger partial charge in [-0.05, 0) is 43.5 Å². The Bertz CT molecular complexity index is 909. The molecule has 4 rings (SSSR count). The Morgan fingerprint density at radius 3 is 2.25 bits per heavy atom. The summed E-state index contributed by atoms with van der Waals surface area (Å²) in [5.41, 5.74) is 1.83. The highest BCUT2D eigenvalue weighted by atomic mass is 32.2. The van der Waals surface area contributed by atoms with Gasteiger partial charge in [-0.3, -0.25) is 9.59 Å². The SMILES string of the molecule is Cc1ccccc1C(=O)N1CCC2(CC1)SCCN2C(=O)c1ccccc1F. The predicted octanol–water partition coefficient (Wildman–Crippen LogP) is 3.96. The fourth-order valence-corrected chi connectivity index (χ4v) is 5.59. The molecule has 0 aromatic heterocycles. The van der Waals surface area contributed by atoms with Crippen LogP contribution in [-0.4, -0.2) is 51.9 Å². The number of benzene rings is 2. The molecule has 28 heavy (non-hydrogen) atoms. The van der Waals surface area contributed by atoms with Gasteiger partial charge >= 0.3 is 0 Å². The highest BCUT2D eigenvalue weighted by molar-refractivity contribution is 8.00. The van der Waals surface area contributed by atoms with Crippen LogP contribution in [0.5, 0.6) is 0 Å². The van der Waals surface area contributed by atoms with E-state index < -0.39 is 5.82 Å². The maximum atomic E-state index is 14.1. The molecular weight excluding hydrogens is 375 g/mol. The number of amides is 2. The molecule has 2 saturated heterocycles. The number of carbonyl (C=O) groups excluding carboxylic acids is 2. The maximum Gasteiger partial charge on any atom is 0.257 e. The number of thioether (sulfide) groups is 1. The van der Waals surface area contributed by atoms with Gasteiger partial charge in [-0.25, -0.2) is 4.39 Å². The molecule has 2 aliphatic rings. The summed E-state index contributed by atoms with van der Waals surface area (Å²) >= 11 is 1.76. The van der Waals surface area contributed by atoms with Gasteiger partial charge in [0.15, 0.2) is 0 Å². The van der Waals surface area contributed by atoms with Crippen LogP contribution in [0.3, 0.4) is 0 Å². The lowest BCUT2D eigenvalue weighted by Gasteiger charge is -2.44. The molecule has 0 radical (unpaired) electrons. The van der Waals surface area contributed by atoms with Crippen molar-refractivity contribution in [3.05, 3.63) is 71.0 Å². The summed E-state index contributed by atoms with van der Waals surface area (Å²) < 4.78 is 14.1. The highest BCUT2D eigenvalue weighted by Crippen LogP contribution is 2.44. The van der Waals surface area contributed by atoms with E-state index in [1.807, 2.05) is 41.0 Å². The van der Waals surface area contributed by atoms with Crippen LogP contribution in [0.4, 0.5) is 4.39 Å². The lowest BCUT2D eigenvalue weighted by Crippen LogP contribution is -2.53. The molecule has 2 aliphatic heterocycles. The lowest BCUT2D eigenvalue weighted by molar-refractivity contribution is 0.0495. The zero-order chi connectivity index (χ0) is 19.7. The second kappa shape index (κ2) is 7.59. The lowest BCUT2D eigenvalue weighted by atomic mass is 9.99. The Balaban J connectivity index is 1.50. The Labute approximate surface area is 168 Å². The molecule has 2 amide bonds. The molecule has 0 saturated carbocycles. The number of rotatable bonds is 2. The third-order valence-electron chi connectivity index (χ3n) is 5.73. The van der Waals surface area contributed by atoms with Gasteiger partial charge in [0.05, 0.1) is 10.4 Å². The van der Waals surface area contributed by atoms with Crippen LogP contribution in [0.1, 0.15) is 39.1 Å². The summed E-state index contributed by atoms with van der Waals surface area (Å²) in [5, 5.41) is 0. The second-order valence-electron chi connectivity index (χ2n) is 7.34.